The first-order valence-electron chi connectivity index (χ1n) is 11.3. The van der Waals surface area contributed by atoms with Crippen molar-refractivity contribution in [1.82, 2.24) is 19.4 Å². The van der Waals surface area contributed by atoms with Crippen LogP contribution in [0.2, 0.25) is 0 Å². The minimum absolute atomic E-state index is 0.0404. The lowest BCUT2D eigenvalue weighted by atomic mass is 9.98. The average Bonchev–Trinajstić information content (AvgIpc) is 3.22. The molecule has 1 fully saturated rings. The third-order valence-electron chi connectivity index (χ3n) is 6.76. The first-order valence-corrected chi connectivity index (χ1v) is 11.3. The Morgan fingerprint density at radius 1 is 1.28 bits per heavy atom. The number of nitrogens with one attached hydrogen (secondary N) is 1. The van der Waals surface area contributed by atoms with Crippen LogP contribution in [0.15, 0.2) is 60.0 Å². The second-order valence-corrected chi connectivity index (χ2v) is 8.80. The number of aromatic amines is 1. The number of likely N-dealkylation sites (tertiary alicyclic amines) is 1. The number of H-pyrrole nitrogens is 1. The molecule has 0 radical (unpaired) electrons. The number of allylic oxidation sites excluding steroid dienone is 1. The number of carbonyl (C=O) groups is 1. The summed E-state index contributed by atoms with van der Waals surface area (Å²) >= 11 is 0. The van der Waals surface area contributed by atoms with E-state index in [0.717, 1.165) is 31.6 Å². The molecule has 1 atom stereocenters. The van der Waals surface area contributed by atoms with Gasteiger partial charge in [-0.15, -0.1) is 6.58 Å². The Kier molecular flexibility index (Phi) is 6.33. The van der Waals surface area contributed by atoms with Crippen LogP contribution in [0.1, 0.15) is 47.4 Å². The van der Waals surface area contributed by atoms with E-state index in [2.05, 4.69) is 47.7 Å². The van der Waals surface area contributed by atoms with E-state index in [1.807, 2.05) is 31.0 Å². The highest BCUT2D eigenvalue weighted by Crippen LogP contribution is 2.27. The maximum Gasteiger partial charge on any atom is 0.275 e. The van der Waals surface area contributed by atoms with Crippen molar-refractivity contribution in [2.24, 2.45) is 0 Å². The molecule has 0 saturated carbocycles. The van der Waals surface area contributed by atoms with Gasteiger partial charge in [-0.3, -0.25) is 14.5 Å². The van der Waals surface area contributed by atoms with E-state index in [-0.39, 0.29) is 17.5 Å². The maximum absolute atomic E-state index is 13.5. The van der Waals surface area contributed by atoms with Crippen molar-refractivity contribution >= 4 is 16.8 Å². The number of piperidine rings is 1. The molecule has 2 aromatic heterocycles. The van der Waals surface area contributed by atoms with Crippen molar-refractivity contribution in [2.45, 2.75) is 45.3 Å². The molecule has 6 heteroatoms. The van der Waals surface area contributed by atoms with Crippen LogP contribution in [0.3, 0.4) is 0 Å². The predicted molar refractivity (Wildman–Crippen MR) is 129 cm³/mol. The highest BCUT2D eigenvalue weighted by atomic mass is 16.2. The maximum atomic E-state index is 13.5. The van der Waals surface area contributed by atoms with Gasteiger partial charge in [0.1, 0.15) is 5.52 Å². The van der Waals surface area contributed by atoms with Crippen LogP contribution < -0.4 is 5.56 Å². The summed E-state index contributed by atoms with van der Waals surface area (Å²) in [4.78, 5) is 33.8. The molecular weight excluding hydrogens is 400 g/mol. The number of rotatable bonds is 6. The average molecular weight is 433 g/mol. The van der Waals surface area contributed by atoms with E-state index in [4.69, 9.17) is 0 Å². The topological polar surface area (TPSA) is 61.3 Å². The van der Waals surface area contributed by atoms with Crippen molar-refractivity contribution in [3.8, 4) is 0 Å². The van der Waals surface area contributed by atoms with Crippen LogP contribution in [-0.2, 0) is 6.54 Å². The van der Waals surface area contributed by atoms with Crippen molar-refractivity contribution in [2.75, 3.05) is 20.1 Å². The molecule has 0 spiro atoms. The van der Waals surface area contributed by atoms with Gasteiger partial charge in [0.2, 0.25) is 0 Å². The van der Waals surface area contributed by atoms with E-state index >= 15 is 0 Å². The van der Waals surface area contributed by atoms with Gasteiger partial charge in [0.15, 0.2) is 0 Å². The van der Waals surface area contributed by atoms with Gasteiger partial charge in [0, 0.05) is 56.0 Å². The molecule has 6 nitrogen and oxygen atoms in total. The molecule has 0 unspecified atom stereocenters. The SMILES string of the molecule is C=CCn1cc(C(=O)N(C)C2CCN([C@H](C)c3ccccc3)CC2)c2cc(C)[nH]c2c1=O. The summed E-state index contributed by atoms with van der Waals surface area (Å²) < 4.78 is 1.55. The number of nitrogens with zero attached hydrogens (tertiary/aromatic N) is 3. The van der Waals surface area contributed by atoms with Crippen molar-refractivity contribution in [1.29, 1.82) is 0 Å². The number of aryl methyl sites for hydroxylation is 1. The third-order valence-corrected chi connectivity index (χ3v) is 6.76. The molecule has 3 aromatic rings. The fourth-order valence-corrected chi connectivity index (χ4v) is 4.80. The van der Waals surface area contributed by atoms with E-state index in [1.54, 1.807) is 16.8 Å². The number of fused-ring (bicyclic) bond motifs is 1. The zero-order valence-corrected chi connectivity index (χ0v) is 19.2. The van der Waals surface area contributed by atoms with Gasteiger partial charge in [0.05, 0.1) is 5.56 Å². The second-order valence-electron chi connectivity index (χ2n) is 8.80. The second kappa shape index (κ2) is 9.17. The summed E-state index contributed by atoms with van der Waals surface area (Å²) in [7, 11) is 1.89. The lowest BCUT2D eigenvalue weighted by Gasteiger charge is -2.39. The number of hydrogen-bond donors (Lipinski definition) is 1. The molecule has 0 aliphatic carbocycles. The molecule has 32 heavy (non-hydrogen) atoms. The Balaban J connectivity index is 1.52. The molecule has 1 amide bonds. The summed E-state index contributed by atoms with van der Waals surface area (Å²) in [6.45, 7) is 10.2. The van der Waals surface area contributed by atoms with E-state index in [1.165, 1.54) is 5.56 Å². The summed E-state index contributed by atoms with van der Waals surface area (Å²) in [5, 5.41) is 0.694. The third kappa shape index (κ3) is 4.15. The van der Waals surface area contributed by atoms with Gasteiger partial charge >= 0.3 is 0 Å². The molecule has 4 rings (SSSR count). The monoisotopic (exact) mass is 432 g/mol. The van der Waals surface area contributed by atoms with Gasteiger partial charge in [-0.05, 0) is 38.3 Å². The Hall–Kier alpha value is -3.12. The molecule has 1 N–H and O–H groups in total. The lowest BCUT2D eigenvalue weighted by Crippen LogP contribution is -2.46. The molecular formula is C26H32N4O2. The highest BCUT2D eigenvalue weighted by Gasteiger charge is 2.29. The minimum Gasteiger partial charge on any atom is -0.354 e. The molecule has 1 aliphatic rings. The van der Waals surface area contributed by atoms with Gasteiger partial charge in [-0.1, -0.05) is 36.4 Å². The fraction of sp³-hybridized carbons (Fsp3) is 0.385. The van der Waals surface area contributed by atoms with Crippen molar-refractivity contribution in [3.63, 3.8) is 0 Å². The first kappa shape index (κ1) is 22.1. The number of carbonyl (C=O) groups excluding carboxylic acids is 1. The molecule has 1 aliphatic heterocycles. The van der Waals surface area contributed by atoms with Gasteiger partial charge in [-0.25, -0.2) is 0 Å². The van der Waals surface area contributed by atoms with Crippen LogP contribution >= 0.6 is 0 Å². The quantitative estimate of drug-likeness (QED) is 0.596. The van der Waals surface area contributed by atoms with Gasteiger partial charge < -0.3 is 14.5 Å². The summed E-state index contributed by atoms with van der Waals surface area (Å²) in [5.41, 5.74) is 3.11. The molecule has 0 bridgehead atoms. The van der Waals surface area contributed by atoms with Gasteiger partial charge in [0.25, 0.3) is 11.5 Å². The summed E-state index contributed by atoms with van der Waals surface area (Å²) in [6, 6.07) is 13.0. The Labute approximate surface area is 189 Å². The van der Waals surface area contributed by atoms with E-state index < -0.39 is 0 Å². The van der Waals surface area contributed by atoms with Crippen LogP contribution in [0.5, 0.6) is 0 Å². The van der Waals surface area contributed by atoms with Crippen molar-refractivity contribution < 1.29 is 4.79 Å². The number of hydrogen-bond acceptors (Lipinski definition) is 3. The first-order chi connectivity index (χ1) is 15.4. The zero-order valence-electron chi connectivity index (χ0n) is 19.2. The van der Waals surface area contributed by atoms with Crippen LogP contribution in [0.25, 0.3) is 10.9 Å². The highest BCUT2D eigenvalue weighted by molar-refractivity contribution is 6.06. The van der Waals surface area contributed by atoms with Crippen LogP contribution in [-0.4, -0.2) is 51.4 Å². The normalized spacial score (nSPS) is 16.2. The number of amides is 1. The van der Waals surface area contributed by atoms with Crippen LogP contribution in [0.4, 0.5) is 0 Å². The summed E-state index contributed by atoms with van der Waals surface area (Å²) in [6.07, 6.45) is 5.22. The van der Waals surface area contributed by atoms with Crippen LogP contribution in [0, 0.1) is 6.92 Å². The smallest absolute Gasteiger partial charge is 0.275 e. The minimum atomic E-state index is -0.129. The Bertz CT molecular complexity index is 1170. The molecule has 168 valence electrons. The van der Waals surface area contributed by atoms with E-state index in [0.29, 0.717) is 29.1 Å². The number of pyridine rings is 1. The Morgan fingerprint density at radius 2 is 1.97 bits per heavy atom. The molecule has 1 aromatic carbocycles. The number of aromatic nitrogens is 2. The zero-order chi connectivity index (χ0) is 22.8. The molecule has 1 saturated heterocycles. The fourth-order valence-electron chi connectivity index (χ4n) is 4.80. The van der Waals surface area contributed by atoms with Gasteiger partial charge in [-0.2, -0.15) is 0 Å². The lowest BCUT2D eigenvalue weighted by molar-refractivity contribution is 0.0606. The van der Waals surface area contributed by atoms with Crippen molar-refractivity contribution in [3.05, 3.63) is 82.4 Å². The largest absolute Gasteiger partial charge is 0.354 e. The van der Waals surface area contributed by atoms with E-state index in [9.17, 15) is 9.59 Å². The number of benzene rings is 1. The Morgan fingerprint density at radius 3 is 2.62 bits per heavy atom. The predicted octanol–water partition coefficient (Wildman–Crippen LogP) is 4.12. The summed E-state index contributed by atoms with van der Waals surface area (Å²) in [5.74, 6) is -0.0404. The molecule has 3 heterocycles. The standard InChI is InChI=1S/C26H32N4O2/c1-5-13-30-17-23(22-16-18(2)27-24(22)26(30)32)25(31)28(4)21-11-14-29(15-12-21)19(3)20-9-7-6-8-10-20/h5-10,16-17,19,21,27H,1,11-15H2,2-4H3/t19-/m1/s1.